The molecule has 0 bridgehead atoms. The lowest BCUT2D eigenvalue weighted by molar-refractivity contribution is 0.262. The summed E-state index contributed by atoms with van der Waals surface area (Å²) in [5.41, 5.74) is 1.71. The van der Waals surface area contributed by atoms with Gasteiger partial charge in [-0.15, -0.1) is 0 Å². The number of urea groups is 1. The summed E-state index contributed by atoms with van der Waals surface area (Å²) >= 11 is 0. The van der Waals surface area contributed by atoms with Crippen LogP contribution >= 0.6 is 0 Å². The van der Waals surface area contributed by atoms with Gasteiger partial charge in [0.05, 0.1) is 0 Å². The molecule has 1 heterocycles. The first-order valence-electron chi connectivity index (χ1n) is 6.25. The highest BCUT2D eigenvalue weighted by atomic mass is 16.2. The lowest BCUT2D eigenvalue weighted by Gasteiger charge is -2.09. The lowest BCUT2D eigenvalue weighted by Crippen LogP contribution is -2.20. The first-order chi connectivity index (χ1) is 9.15. The highest BCUT2D eigenvalue weighted by Crippen LogP contribution is 2.14. The Bertz CT molecular complexity index is 552. The van der Waals surface area contributed by atoms with Gasteiger partial charge in [0.15, 0.2) is 0 Å². The van der Waals surface area contributed by atoms with Gasteiger partial charge in [-0.3, -0.25) is 5.32 Å². The molecule has 0 atom stereocenters. The van der Waals surface area contributed by atoms with Crippen molar-refractivity contribution in [3.8, 4) is 0 Å². The topological polar surface area (TPSA) is 54.0 Å². The summed E-state index contributed by atoms with van der Waals surface area (Å²) in [6.45, 7) is 4.13. The van der Waals surface area contributed by atoms with E-state index in [1.54, 1.807) is 6.07 Å². The highest BCUT2D eigenvalue weighted by molar-refractivity contribution is 5.99. The summed E-state index contributed by atoms with van der Waals surface area (Å²) < 4.78 is 0. The summed E-state index contributed by atoms with van der Waals surface area (Å²) in [4.78, 5) is 16.2. The number of benzene rings is 1. The molecular formula is C15H17N3O. The number of rotatable bonds is 3. The molecule has 0 aliphatic heterocycles. The number of anilines is 2. The molecule has 0 saturated carbocycles. The van der Waals surface area contributed by atoms with E-state index in [0.717, 1.165) is 11.4 Å². The predicted molar refractivity (Wildman–Crippen MR) is 77.4 cm³/mol. The van der Waals surface area contributed by atoms with Crippen LogP contribution in [-0.4, -0.2) is 11.0 Å². The minimum atomic E-state index is -0.292. The number of hydrogen-bond acceptors (Lipinski definition) is 2. The normalized spacial score (nSPS) is 10.3. The number of hydrogen-bond donors (Lipinski definition) is 2. The van der Waals surface area contributed by atoms with Crippen LogP contribution in [0.25, 0.3) is 0 Å². The molecule has 2 rings (SSSR count). The van der Waals surface area contributed by atoms with Gasteiger partial charge in [-0.1, -0.05) is 38.1 Å². The molecule has 0 aliphatic carbocycles. The van der Waals surface area contributed by atoms with Gasteiger partial charge in [0.1, 0.15) is 5.82 Å². The van der Waals surface area contributed by atoms with E-state index in [9.17, 15) is 4.79 Å². The molecule has 0 radical (unpaired) electrons. The first-order valence-corrected chi connectivity index (χ1v) is 6.25. The number of amides is 2. The Kier molecular flexibility index (Phi) is 4.13. The maximum Gasteiger partial charge on any atom is 0.324 e. The molecule has 0 saturated heterocycles. The van der Waals surface area contributed by atoms with E-state index in [0.29, 0.717) is 11.7 Å². The fourth-order valence-electron chi connectivity index (χ4n) is 1.64. The maximum atomic E-state index is 11.8. The van der Waals surface area contributed by atoms with Gasteiger partial charge < -0.3 is 5.32 Å². The fourth-order valence-corrected chi connectivity index (χ4v) is 1.64. The molecule has 4 heteroatoms. The third kappa shape index (κ3) is 3.81. The molecule has 4 nitrogen and oxygen atoms in total. The summed E-state index contributed by atoms with van der Waals surface area (Å²) in [7, 11) is 0. The van der Waals surface area contributed by atoms with E-state index >= 15 is 0 Å². The molecule has 0 aliphatic rings. The second-order valence-corrected chi connectivity index (χ2v) is 4.55. The molecule has 2 amide bonds. The molecule has 1 aromatic carbocycles. The minimum Gasteiger partial charge on any atom is -0.308 e. The molecule has 0 fully saturated rings. The van der Waals surface area contributed by atoms with Gasteiger partial charge in [-0.05, 0) is 30.2 Å². The van der Waals surface area contributed by atoms with Gasteiger partial charge in [0.25, 0.3) is 0 Å². The maximum absolute atomic E-state index is 11.8. The smallest absolute Gasteiger partial charge is 0.308 e. The van der Waals surface area contributed by atoms with Crippen molar-refractivity contribution in [3.63, 3.8) is 0 Å². The van der Waals surface area contributed by atoms with Crippen molar-refractivity contribution >= 4 is 17.5 Å². The Morgan fingerprint density at radius 3 is 2.42 bits per heavy atom. The third-order valence-corrected chi connectivity index (χ3v) is 2.64. The van der Waals surface area contributed by atoms with E-state index in [4.69, 9.17) is 0 Å². The van der Waals surface area contributed by atoms with Gasteiger partial charge in [-0.2, -0.15) is 0 Å². The van der Waals surface area contributed by atoms with Gasteiger partial charge in [0, 0.05) is 11.4 Å². The molecule has 0 spiro atoms. The molecule has 2 N–H and O–H groups in total. The summed E-state index contributed by atoms with van der Waals surface area (Å²) in [5, 5.41) is 5.47. The predicted octanol–water partition coefficient (Wildman–Crippen LogP) is 3.85. The van der Waals surface area contributed by atoms with Gasteiger partial charge in [-0.25, -0.2) is 9.78 Å². The Balaban J connectivity index is 2.01. The average Bonchev–Trinajstić information content (AvgIpc) is 2.40. The standard InChI is InChI=1S/C15H17N3O/c1-11(2)13-9-6-10-14(17-13)18-15(19)16-12-7-4-3-5-8-12/h3-11H,1-2H3,(H2,16,17,18,19). The van der Waals surface area contributed by atoms with E-state index in [-0.39, 0.29) is 6.03 Å². The van der Waals surface area contributed by atoms with Crippen molar-refractivity contribution in [1.29, 1.82) is 0 Å². The average molecular weight is 255 g/mol. The quantitative estimate of drug-likeness (QED) is 0.875. The van der Waals surface area contributed by atoms with Crippen LogP contribution < -0.4 is 10.6 Å². The zero-order valence-corrected chi connectivity index (χ0v) is 11.1. The van der Waals surface area contributed by atoms with Crippen LogP contribution in [0.1, 0.15) is 25.5 Å². The van der Waals surface area contributed by atoms with E-state index in [1.807, 2.05) is 42.5 Å². The summed E-state index contributed by atoms with van der Waals surface area (Å²) in [6.07, 6.45) is 0. The Hall–Kier alpha value is -2.36. The van der Waals surface area contributed by atoms with E-state index in [1.165, 1.54) is 0 Å². The minimum absolute atomic E-state index is 0.292. The Morgan fingerprint density at radius 2 is 1.74 bits per heavy atom. The second-order valence-electron chi connectivity index (χ2n) is 4.55. The van der Waals surface area contributed by atoms with Crippen molar-refractivity contribution in [1.82, 2.24) is 4.98 Å². The van der Waals surface area contributed by atoms with E-state index in [2.05, 4.69) is 29.5 Å². The number of para-hydroxylation sites is 1. The first kappa shape index (κ1) is 13.1. The van der Waals surface area contributed by atoms with Crippen LogP contribution in [0.15, 0.2) is 48.5 Å². The van der Waals surface area contributed by atoms with Crippen LogP contribution in [-0.2, 0) is 0 Å². The SMILES string of the molecule is CC(C)c1cccc(NC(=O)Nc2ccccc2)n1. The molecule has 19 heavy (non-hydrogen) atoms. The van der Waals surface area contributed by atoms with E-state index < -0.39 is 0 Å². The number of carbonyl (C=O) groups excluding carboxylic acids is 1. The fraction of sp³-hybridized carbons (Fsp3) is 0.200. The van der Waals surface area contributed by atoms with Crippen molar-refractivity contribution in [2.75, 3.05) is 10.6 Å². The highest BCUT2D eigenvalue weighted by Gasteiger charge is 2.05. The van der Waals surface area contributed by atoms with Crippen molar-refractivity contribution in [2.24, 2.45) is 0 Å². The molecule has 98 valence electrons. The molecule has 0 unspecified atom stereocenters. The number of nitrogens with zero attached hydrogens (tertiary/aromatic N) is 1. The van der Waals surface area contributed by atoms with Crippen LogP contribution in [0, 0.1) is 0 Å². The zero-order valence-electron chi connectivity index (χ0n) is 11.1. The van der Waals surface area contributed by atoms with Crippen LogP contribution in [0.5, 0.6) is 0 Å². The second kappa shape index (κ2) is 6.00. The van der Waals surface area contributed by atoms with Gasteiger partial charge in [0.2, 0.25) is 0 Å². The van der Waals surface area contributed by atoms with Crippen molar-refractivity contribution < 1.29 is 4.79 Å². The molecular weight excluding hydrogens is 238 g/mol. The van der Waals surface area contributed by atoms with Crippen LogP contribution in [0.2, 0.25) is 0 Å². The Labute approximate surface area is 112 Å². The number of carbonyl (C=O) groups is 1. The number of nitrogens with one attached hydrogen (secondary N) is 2. The van der Waals surface area contributed by atoms with Crippen molar-refractivity contribution in [3.05, 3.63) is 54.2 Å². The molecule has 1 aromatic heterocycles. The molecule has 2 aromatic rings. The van der Waals surface area contributed by atoms with Gasteiger partial charge >= 0.3 is 6.03 Å². The summed E-state index contributed by atoms with van der Waals surface area (Å²) in [6, 6.07) is 14.6. The van der Waals surface area contributed by atoms with Crippen molar-refractivity contribution in [2.45, 2.75) is 19.8 Å². The number of aromatic nitrogens is 1. The largest absolute Gasteiger partial charge is 0.324 e. The lowest BCUT2D eigenvalue weighted by atomic mass is 10.1. The summed E-state index contributed by atoms with van der Waals surface area (Å²) in [5.74, 6) is 0.888. The van der Waals surface area contributed by atoms with Crippen LogP contribution in [0.4, 0.5) is 16.3 Å². The zero-order chi connectivity index (χ0) is 13.7. The third-order valence-electron chi connectivity index (χ3n) is 2.64. The monoisotopic (exact) mass is 255 g/mol. The van der Waals surface area contributed by atoms with Crippen LogP contribution in [0.3, 0.4) is 0 Å². The Morgan fingerprint density at radius 1 is 1.00 bits per heavy atom. The number of pyridine rings is 1.